The van der Waals surface area contributed by atoms with Crippen molar-refractivity contribution in [2.24, 2.45) is 11.7 Å². The normalized spacial score (nSPS) is 14.2. The highest BCUT2D eigenvalue weighted by Crippen LogP contribution is 2.30. The van der Waals surface area contributed by atoms with Gasteiger partial charge in [-0.1, -0.05) is 30.0 Å². The van der Waals surface area contributed by atoms with Crippen molar-refractivity contribution in [2.75, 3.05) is 13.1 Å². The molecule has 35 heavy (non-hydrogen) atoms. The smallest absolute Gasteiger partial charge is 0.273 e. The molecule has 1 saturated heterocycles. The first-order valence-corrected chi connectivity index (χ1v) is 13.0. The number of thioether (sulfide) groups is 1. The number of hydrogen-bond donors (Lipinski definition) is 1. The molecule has 178 valence electrons. The summed E-state index contributed by atoms with van der Waals surface area (Å²) in [6.07, 6.45) is 4.67. The summed E-state index contributed by atoms with van der Waals surface area (Å²) in [4.78, 5) is 34.7. The lowest BCUT2D eigenvalue weighted by atomic mass is 9.96. The number of carbonyl (C=O) groups is 2. The summed E-state index contributed by atoms with van der Waals surface area (Å²) >= 11 is 2.97. The van der Waals surface area contributed by atoms with Gasteiger partial charge in [-0.15, -0.1) is 21.5 Å². The Morgan fingerprint density at radius 2 is 1.80 bits per heavy atom. The van der Waals surface area contributed by atoms with E-state index in [1.54, 1.807) is 22.7 Å². The Kier molecular flexibility index (Phi) is 6.87. The Bertz CT molecular complexity index is 1320. The molecule has 5 rings (SSSR count). The number of nitrogens with two attached hydrogens (primary N) is 1. The van der Waals surface area contributed by atoms with E-state index in [2.05, 4.69) is 20.2 Å². The van der Waals surface area contributed by atoms with Crippen LogP contribution in [0, 0.1) is 5.92 Å². The van der Waals surface area contributed by atoms with Crippen LogP contribution in [0.25, 0.3) is 17.1 Å². The van der Waals surface area contributed by atoms with E-state index in [0.29, 0.717) is 37.4 Å². The van der Waals surface area contributed by atoms with Crippen LogP contribution in [0.3, 0.4) is 0 Å². The Morgan fingerprint density at radius 1 is 1.06 bits per heavy atom. The highest BCUT2D eigenvalue weighted by atomic mass is 32.2. The van der Waals surface area contributed by atoms with Crippen LogP contribution in [0.2, 0.25) is 0 Å². The molecule has 1 fully saturated rings. The van der Waals surface area contributed by atoms with Crippen molar-refractivity contribution in [3.63, 3.8) is 0 Å². The van der Waals surface area contributed by atoms with E-state index < -0.39 is 0 Å². The van der Waals surface area contributed by atoms with E-state index in [0.717, 1.165) is 27.2 Å². The van der Waals surface area contributed by atoms with Crippen LogP contribution in [0.15, 0.2) is 65.4 Å². The molecule has 3 aromatic heterocycles. The zero-order valence-corrected chi connectivity index (χ0v) is 20.4. The number of hydrogen-bond acceptors (Lipinski definition) is 8. The molecule has 0 unspecified atom stereocenters. The van der Waals surface area contributed by atoms with Gasteiger partial charge in [0.15, 0.2) is 11.0 Å². The molecule has 0 saturated carbocycles. The average Bonchev–Trinajstić information content (AvgIpc) is 3.55. The number of para-hydroxylation sites is 1. The molecule has 0 bridgehead atoms. The maximum absolute atomic E-state index is 12.9. The van der Waals surface area contributed by atoms with Gasteiger partial charge < -0.3 is 10.6 Å². The molecule has 2 N–H and O–H groups in total. The predicted octanol–water partition coefficient (Wildman–Crippen LogP) is 3.42. The third-order valence-electron chi connectivity index (χ3n) is 5.87. The van der Waals surface area contributed by atoms with E-state index in [1.807, 2.05) is 47.0 Å². The fourth-order valence-corrected chi connectivity index (χ4v) is 5.73. The van der Waals surface area contributed by atoms with E-state index in [9.17, 15) is 9.59 Å². The predicted molar refractivity (Wildman–Crippen MR) is 134 cm³/mol. The highest BCUT2D eigenvalue weighted by molar-refractivity contribution is 7.98. The molecule has 0 spiro atoms. The van der Waals surface area contributed by atoms with Crippen LogP contribution in [0.5, 0.6) is 0 Å². The van der Waals surface area contributed by atoms with Gasteiger partial charge in [0, 0.05) is 48.0 Å². The first-order chi connectivity index (χ1) is 17.1. The molecule has 4 aromatic rings. The number of aromatic nitrogens is 5. The number of thiazole rings is 1. The fraction of sp³-hybridized carbons (Fsp3) is 0.250. The average molecular weight is 506 g/mol. The number of nitrogens with zero attached hydrogens (tertiary/aromatic N) is 6. The molecule has 1 aliphatic heterocycles. The summed E-state index contributed by atoms with van der Waals surface area (Å²) in [5.41, 5.74) is 7.71. The van der Waals surface area contributed by atoms with Crippen molar-refractivity contribution in [3.05, 3.63) is 70.9 Å². The minimum absolute atomic E-state index is 0.104. The Labute approximate surface area is 210 Å². The van der Waals surface area contributed by atoms with Gasteiger partial charge in [-0.05, 0) is 37.1 Å². The molecule has 1 aliphatic rings. The number of amides is 2. The largest absolute Gasteiger partial charge is 0.369 e. The quantitative estimate of drug-likeness (QED) is 0.382. The fourth-order valence-electron chi connectivity index (χ4n) is 3.99. The minimum atomic E-state index is -0.291. The van der Waals surface area contributed by atoms with Gasteiger partial charge in [-0.2, -0.15) is 0 Å². The maximum Gasteiger partial charge on any atom is 0.273 e. The number of piperidine rings is 1. The van der Waals surface area contributed by atoms with Crippen molar-refractivity contribution in [3.8, 4) is 17.1 Å². The molecule has 2 amide bonds. The number of pyridine rings is 1. The Hall–Kier alpha value is -3.57. The van der Waals surface area contributed by atoms with Gasteiger partial charge >= 0.3 is 0 Å². The highest BCUT2D eigenvalue weighted by Gasteiger charge is 2.27. The topological polar surface area (TPSA) is 120 Å². The zero-order valence-electron chi connectivity index (χ0n) is 18.8. The SMILES string of the molecule is NC(=O)C1CCN(C(=O)c2csc(CSc3nnc(-c4ccncc4)n3-c3ccccc3)n2)CC1. The molecule has 11 heteroatoms. The van der Waals surface area contributed by atoms with Gasteiger partial charge in [0.25, 0.3) is 5.91 Å². The van der Waals surface area contributed by atoms with Crippen LogP contribution in [-0.2, 0) is 10.5 Å². The van der Waals surface area contributed by atoms with Crippen LogP contribution in [0.1, 0.15) is 28.3 Å². The maximum atomic E-state index is 12.9. The van der Waals surface area contributed by atoms with Gasteiger partial charge in [-0.3, -0.25) is 19.1 Å². The third kappa shape index (κ3) is 5.10. The summed E-state index contributed by atoms with van der Waals surface area (Å²) in [5, 5.41) is 12.2. The van der Waals surface area contributed by atoms with Crippen molar-refractivity contribution < 1.29 is 9.59 Å². The zero-order chi connectivity index (χ0) is 24.2. The second-order valence-electron chi connectivity index (χ2n) is 8.10. The van der Waals surface area contributed by atoms with Crippen molar-refractivity contribution in [1.82, 2.24) is 29.6 Å². The first-order valence-electron chi connectivity index (χ1n) is 11.2. The van der Waals surface area contributed by atoms with Gasteiger partial charge in [0.2, 0.25) is 5.91 Å². The van der Waals surface area contributed by atoms with Gasteiger partial charge in [0.05, 0.1) is 5.75 Å². The van der Waals surface area contributed by atoms with Gasteiger partial charge in [-0.25, -0.2) is 4.98 Å². The number of primary amides is 1. The van der Waals surface area contributed by atoms with Crippen LogP contribution in [0.4, 0.5) is 0 Å². The van der Waals surface area contributed by atoms with E-state index in [4.69, 9.17) is 5.73 Å². The van der Waals surface area contributed by atoms with Crippen molar-refractivity contribution in [2.45, 2.75) is 23.8 Å². The number of benzene rings is 1. The van der Waals surface area contributed by atoms with E-state index in [-0.39, 0.29) is 17.7 Å². The number of likely N-dealkylation sites (tertiary alicyclic amines) is 1. The van der Waals surface area contributed by atoms with Crippen LogP contribution in [-0.4, -0.2) is 54.5 Å². The van der Waals surface area contributed by atoms with E-state index in [1.165, 1.54) is 23.1 Å². The minimum Gasteiger partial charge on any atom is -0.369 e. The second kappa shape index (κ2) is 10.4. The molecular weight excluding hydrogens is 482 g/mol. The second-order valence-corrected chi connectivity index (χ2v) is 9.98. The molecule has 0 aliphatic carbocycles. The van der Waals surface area contributed by atoms with Gasteiger partial charge in [0.1, 0.15) is 10.7 Å². The van der Waals surface area contributed by atoms with Crippen LogP contribution >= 0.6 is 23.1 Å². The number of rotatable bonds is 7. The molecule has 0 radical (unpaired) electrons. The molecule has 0 atom stereocenters. The van der Waals surface area contributed by atoms with Crippen LogP contribution < -0.4 is 5.73 Å². The summed E-state index contributed by atoms with van der Waals surface area (Å²) in [6, 6.07) is 13.8. The molecule has 4 heterocycles. The molecule has 1 aromatic carbocycles. The summed E-state index contributed by atoms with van der Waals surface area (Å²) in [5.74, 6) is 0.743. The van der Waals surface area contributed by atoms with Crippen molar-refractivity contribution in [1.29, 1.82) is 0 Å². The summed E-state index contributed by atoms with van der Waals surface area (Å²) in [7, 11) is 0. The Morgan fingerprint density at radius 3 is 2.51 bits per heavy atom. The lowest BCUT2D eigenvalue weighted by Gasteiger charge is -2.30. The number of carbonyl (C=O) groups excluding carboxylic acids is 2. The lowest BCUT2D eigenvalue weighted by molar-refractivity contribution is -0.123. The molecular formula is C24H23N7O2S2. The Balaban J connectivity index is 1.31. The summed E-state index contributed by atoms with van der Waals surface area (Å²) in [6.45, 7) is 1.04. The first kappa shape index (κ1) is 23.2. The standard InChI is InChI=1S/C24H23N7O2S2/c25-21(32)16-8-12-30(13-9-16)23(33)19-14-34-20(27-19)15-35-24-29-28-22(17-6-10-26-11-7-17)31(24)18-4-2-1-3-5-18/h1-7,10-11,14,16H,8-9,12-13,15H2,(H2,25,32). The molecule has 9 nitrogen and oxygen atoms in total. The van der Waals surface area contributed by atoms with Crippen molar-refractivity contribution >= 4 is 34.9 Å². The van der Waals surface area contributed by atoms with E-state index >= 15 is 0 Å². The third-order valence-corrected chi connectivity index (χ3v) is 7.84. The lowest BCUT2D eigenvalue weighted by Crippen LogP contribution is -2.41. The summed E-state index contributed by atoms with van der Waals surface area (Å²) < 4.78 is 2.02. The monoisotopic (exact) mass is 505 g/mol.